The number of carboxylic acid groups (broad SMARTS) is 1. The lowest BCUT2D eigenvalue weighted by atomic mass is 10.2. The maximum atomic E-state index is 11.0. The van der Waals surface area contributed by atoms with Gasteiger partial charge in [-0.15, -0.1) is 0 Å². The van der Waals surface area contributed by atoms with Gasteiger partial charge in [0, 0.05) is 19.3 Å². The lowest BCUT2D eigenvalue weighted by molar-refractivity contribution is 0.0696. The predicted molar refractivity (Wildman–Crippen MR) is 58.5 cm³/mol. The zero-order valence-corrected chi connectivity index (χ0v) is 9.02. The number of carbonyl (C=O) groups is 1. The first-order valence-corrected chi connectivity index (χ1v) is 5.50. The number of anilines is 1. The Kier molecular flexibility index (Phi) is 3.34. The van der Waals surface area contributed by atoms with Crippen molar-refractivity contribution in [2.24, 2.45) is 0 Å². The maximum absolute atomic E-state index is 11.0. The van der Waals surface area contributed by atoms with Gasteiger partial charge in [-0.25, -0.2) is 14.8 Å². The second kappa shape index (κ2) is 4.92. The molecule has 1 fully saturated rings. The van der Waals surface area contributed by atoms with Gasteiger partial charge in [-0.1, -0.05) is 12.8 Å². The van der Waals surface area contributed by atoms with Gasteiger partial charge in [-0.2, -0.15) is 0 Å². The van der Waals surface area contributed by atoms with Crippen molar-refractivity contribution >= 4 is 11.8 Å². The van der Waals surface area contributed by atoms with Gasteiger partial charge in [0.15, 0.2) is 6.33 Å². The highest BCUT2D eigenvalue weighted by molar-refractivity contribution is 5.92. The van der Waals surface area contributed by atoms with Crippen molar-refractivity contribution < 1.29 is 9.90 Å². The SMILES string of the molecule is O=C(O)c1cn[c]nc1N1CCCCCC1. The summed E-state index contributed by atoms with van der Waals surface area (Å²) in [6.45, 7) is 1.73. The van der Waals surface area contributed by atoms with Crippen LogP contribution in [0.25, 0.3) is 0 Å². The van der Waals surface area contributed by atoms with E-state index in [1.165, 1.54) is 19.0 Å². The second-order valence-electron chi connectivity index (χ2n) is 3.91. The van der Waals surface area contributed by atoms with Crippen molar-refractivity contribution in [2.45, 2.75) is 25.7 Å². The Morgan fingerprint density at radius 2 is 2.00 bits per heavy atom. The van der Waals surface area contributed by atoms with E-state index in [0.717, 1.165) is 25.9 Å². The molecule has 0 saturated carbocycles. The quantitative estimate of drug-likeness (QED) is 0.815. The first kappa shape index (κ1) is 10.9. The number of aromatic nitrogens is 2. The van der Waals surface area contributed by atoms with Gasteiger partial charge in [0.25, 0.3) is 0 Å². The van der Waals surface area contributed by atoms with Crippen molar-refractivity contribution in [3.05, 3.63) is 18.1 Å². The molecule has 1 N–H and O–H groups in total. The minimum atomic E-state index is -0.978. The molecule has 1 aromatic rings. The Morgan fingerprint density at radius 1 is 1.31 bits per heavy atom. The molecular formula is C11H14N3O2. The summed E-state index contributed by atoms with van der Waals surface area (Å²) >= 11 is 0. The van der Waals surface area contributed by atoms with E-state index in [4.69, 9.17) is 5.11 Å². The molecule has 5 nitrogen and oxygen atoms in total. The third-order valence-electron chi connectivity index (χ3n) is 2.78. The van der Waals surface area contributed by atoms with Crippen LogP contribution in [0.1, 0.15) is 36.0 Å². The van der Waals surface area contributed by atoms with Crippen LogP contribution in [0.3, 0.4) is 0 Å². The van der Waals surface area contributed by atoms with Crippen molar-refractivity contribution in [2.75, 3.05) is 18.0 Å². The van der Waals surface area contributed by atoms with E-state index < -0.39 is 5.97 Å². The molecule has 2 heterocycles. The fourth-order valence-electron chi connectivity index (χ4n) is 1.96. The summed E-state index contributed by atoms with van der Waals surface area (Å²) in [5, 5.41) is 9.05. The zero-order valence-electron chi connectivity index (χ0n) is 9.02. The normalized spacial score (nSPS) is 16.9. The predicted octanol–water partition coefficient (Wildman–Crippen LogP) is 1.36. The Morgan fingerprint density at radius 3 is 2.62 bits per heavy atom. The average molecular weight is 220 g/mol. The molecule has 2 rings (SSSR count). The van der Waals surface area contributed by atoms with Crippen molar-refractivity contribution in [1.82, 2.24) is 9.97 Å². The first-order valence-electron chi connectivity index (χ1n) is 5.50. The van der Waals surface area contributed by atoms with E-state index in [0.29, 0.717) is 5.82 Å². The summed E-state index contributed by atoms with van der Waals surface area (Å²) in [5.41, 5.74) is 0.167. The highest BCUT2D eigenvalue weighted by atomic mass is 16.4. The topological polar surface area (TPSA) is 66.3 Å². The van der Waals surface area contributed by atoms with Gasteiger partial charge in [-0.05, 0) is 12.8 Å². The lowest BCUT2D eigenvalue weighted by Gasteiger charge is -2.22. The molecule has 1 aliphatic heterocycles. The van der Waals surface area contributed by atoms with Crippen molar-refractivity contribution in [3.8, 4) is 0 Å². The van der Waals surface area contributed by atoms with Crippen LogP contribution in [0.15, 0.2) is 6.20 Å². The summed E-state index contributed by atoms with van der Waals surface area (Å²) in [6, 6.07) is 0. The van der Waals surface area contributed by atoms with Crippen LogP contribution in [0, 0.1) is 6.33 Å². The van der Waals surface area contributed by atoms with Gasteiger partial charge in [-0.3, -0.25) is 0 Å². The fourth-order valence-corrected chi connectivity index (χ4v) is 1.96. The molecule has 85 valence electrons. The highest BCUT2D eigenvalue weighted by Gasteiger charge is 2.18. The van der Waals surface area contributed by atoms with Gasteiger partial charge < -0.3 is 10.0 Å². The molecule has 1 aromatic heterocycles. The molecule has 1 radical (unpaired) electrons. The van der Waals surface area contributed by atoms with Crippen LogP contribution in [-0.4, -0.2) is 34.1 Å². The Balaban J connectivity index is 2.27. The average Bonchev–Trinajstić information content (AvgIpc) is 2.57. The standard InChI is InChI=1S/C11H14N3O2/c15-11(16)9-7-12-8-13-10(9)14-5-3-1-2-4-6-14/h7H,1-6H2,(H,15,16). The molecule has 1 aliphatic rings. The third-order valence-corrected chi connectivity index (χ3v) is 2.78. The lowest BCUT2D eigenvalue weighted by Crippen LogP contribution is -2.27. The molecule has 0 bridgehead atoms. The molecule has 0 atom stereocenters. The second-order valence-corrected chi connectivity index (χ2v) is 3.91. The van der Waals surface area contributed by atoms with Crippen LogP contribution in [0.5, 0.6) is 0 Å². The number of carboxylic acids is 1. The number of nitrogens with zero attached hydrogens (tertiary/aromatic N) is 3. The van der Waals surface area contributed by atoms with E-state index in [1.54, 1.807) is 0 Å². The molecular weight excluding hydrogens is 206 g/mol. The Bertz CT molecular complexity index is 373. The van der Waals surface area contributed by atoms with Crippen molar-refractivity contribution in [3.63, 3.8) is 0 Å². The summed E-state index contributed by atoms with van der Waals surface area (Å²) in [7, 11) is 0. The Labute approximate surface area is 94.1 Å². The Hall–Kier alpha value is -1.65. The summed E-state index contributed by atoms with van der Waals surface area (Å²) in [6.07, 6.45) is 8.36. The molecule has 16 heavy (non-hydrogen) atoms. The summed E-state index contributed by atoms with van der Waals surface area (Å²) in [5.74, 6) is -0.474. The number of aromatic carboxylic acids is 1. The monoisotopic (exact) mass is 220 g/mol. The van der Waals surface area contributed by atoms with E-state index in [9.17, 15) is 4.79 Å². The molecule has 0 amide bonds. The van der Waals surface area contributed by atoms with E-state index in [-0.39, 0.29) is 5.56 Å². The third kappa shape index (κ3) is 2.29. The molecule has 1 saturated heterocycles. The zero-order chi connectivity index (χ0) is 11.4. The fraction of sp³-hybridized carbons (Fsp3) is 0.545. The largest absolute Gasteiger partial charge is 0.477 e. The van der Waals surface area contributed by atoms with Crippen LogP contribution >= 0.6 is 0 Å². The van der Waals surface area contributed by atoms with E-state index in [1.807, 2.05) is 4.90 Å². The molecule has 0 aliphatic carbocycles. The van der Waals surface area contributed by atoms with Gasteiger partial charge in [0.1, 0.15) is 11.4 Å². The van der Waals surface area contributed by atoms with E-state index >= 15 is 0 Å². The number of rotatable bonds is 2. The molecule has 0 spiro atoms. The highest BCUT2D eigenvalue weighted by Crippen LogP contribution is 2.20. The maximum Gasteiger partial charge on any atom is 0.341 e. The minimum Gasteiger partial charge on any atom is -0.477 e. The van der Waals surface area contributed by atoms with Crippen LogP contribution in [-0.2, 0) is 0 Å². The molecule has 0 aromatic carbocycles. The van der Waals surface area contributed by atoms with Crippen LogP contribution in [0.2, 0.25) is 0 Å². The molecule has 0 unspecified atom stereocenters. The smallest absolute Gasteiger partial charge is 0.341 e. The van der Waals surface area contributed by atoms with Gasteiger partial charge in [0.2, 0.25) is 0 Å². The molecule has 5 heteroatoms. The van der Waals surface area contributed by atoms with Gasteiger partial charge >= 0.3 is 5.97 Å². The van der Waals surface area contributed by atoms with Crippen LogP contribution < -0.4 is 4.90 Å². The van der Waals surface area contributed by atoms with Gasteiger partial charge in [0.05, 0.1) is 0 Å². The first-order chi connectivity index (χ1) is 7.79. The number of hydrogen-bond donors (Lipinski definition) is 1. The summed E-state index contributed by atoms with van der Waals surface area (Å²) in [4.78, 5) is 20.7. The van der Waals surface area contributed by atoms with Crippen LogP contribution in [0.4, 0.5) is 5.82 Å². The van der Waals surface area contributed by atoms with Crippen molar-refractivity contribution in [1.29, 1.82) is 0 Å². The number of hydrogen-bond acceptors (Lipinski definition) is 4. The minimum absolute atomic E-state index is 0.167. The van der Waals surface area contributed by atoms with E-state index in [2.05, 4.69) is 16.3 Å². The summed E-state index contributed by atoms with van der Waals surface area (Å²) < 4.78 is 0.